The first-order chi connectivity index (χ1) is 36.5. The van der Waals surface area contributed by atoms with Crippen molar-refractivity contribution in [1.82, 2.24) is 39.2 Å². The van der Waals surface area contributed by atoms with E-state index in [4.69, 9.17) is 30.3 Å². The van der Waals surface area contributed by atoms with Gasteiger partial charge < -0.3 is 30.3 Å². The molecule has 2 aliphatic rings. The fourth-order valence-corrected chi connectivity index (χ4v) is 8.66. The molecule has 0 aliphatic carbocycles. The Hall–Kier alpha value is -8.99. The number of amides is 2. The first-order valence-electron chi connectivity index (χ1n) is 24.8. The summed E-state index contributed by atoms with van der Waals surface area (Å²) in [5, 5.41) is 12.3. The molecule has 0 atom stereocenters. The molecule has 16 nitrogen and oxygen atoms in total. The van der Waals surface area contributed by atoms with Gasteiger partial charge in [-0.15, -0.1) is 10.2 Å². The third-order valence-corrected chi connectivity index (χ3v) is 12.6. The molecular formula is C58H57N13O3. The lowest BCUT2D eigenvalue weighted by Gasteiger charge is -2.28. The monoisotopic (exact) mass is 983 g/mol. The summed E-state index contributed by atoms with van der Waals surface area (Å²) in [4.78, 5) is 37.5. The maximum atomic E-state index is 13.4. The molecule has 6 aromatic heterocycles. The molecule has 372 valence electrons. The molecule has 8 heterocycles. The average Bonchev–Trinajstić information content (AvgIpc) is 4.16. The molecule has 12 rings (SSSR count). The van der Waals surface area contributed by atoms with E-state index in [2.05, 4.69) is 60.5 Å². The Morgan fingerprint density at radius 3 is 1.57 bits per heavy atom. The van der Waals surface area contributed by atoms with Crippen LogP contribution in [-0.2, 0) is 28.9 Å². The highest BCUT2D eigenvalue weighted by Gasteiger charge is 2.21. The van der Waals surface area contributed by atoms with Crippen molar-refractivity contribution in [1.29, 1.82) is 0 Å². The van der Waals surface area contributed by atoms with E-state index >= 15 is 0 Å². The van der Waals surface area contributed by atoms with Gasteiger partial charge in [-0.2, -0.15) is 0 Å². The van der Waals surface area contributed by atoms with Crippen molar-refractivity contribution in [2.45, 2.75) is 19.4 Å². The van der Waals surface area contributed by atoms with Crippen molar-refractivity contribution in [3.8, 4) is 22.8 Å². The largest absolute Gasteiger partial charge is 0.399 e. The predicted molar refractivity (Wildman–Crippen MR) is 291 cm³/mol. The van der Waals surface area contributed by atoms with Crippen LogP contribution in [0.3, 0.4) is 0 Å². The van der Waals surface area contributed by atoms with Crippen LogP contribution in [0.2, 0.25) is 0 Å². The van der Waals surface area contributed by atoms with Crippen LogP contribution >= 0.6 is 0 Å². The van der Waals surface area contributed by atoms with Gasteiger partial charge in [0.25, 0.3) is 0 Å². The molecule has 0 unspecified atom stereocenters. The molecule has 10 aromatic rings. The number of anilines is 5. The van der Waals surface area contributed by atoms with E-state index in [0.717, 1.165) is 103 Å². The van der Waals surface area contributed by atoms with E-state index < -0.39 is 0 Å². The van der Waals surface area contributed by atoms with Crippen LogP contribution in [0, 0.1) is 0 Å². The molecule has 0 radical (unpaired) electrons. The van der Waals surface area contributed by atoms with E-state index in [-0.39, 0.29) is 6.03 Å². The minimum Gasteiger partial charge on any atom is -0.399 e. The number of morpholine rings is 2. The number of nitrogen functional groups attached to an aromatic ring is 1. The van der Waals surface area contributed by atoms with Gasteiger partial charge in [0.2, 0.25) is 0 Å². The van der Waals surface area contributed by atoms with Crippen LogP contribution in [-0.4, -0.2) is 97.8 Å². The van der Waals surface area contributed by atoms with E-state index in [1.807, 2.05) is 161 Å². The van der Waals surface area contributed by atoms with E-state index in [1.54, 1.807) is 17.3 Å². The van der Waals surface area contributed by atoms with Crippen molar-refractivity contribution >= 4 is 45.8 Å². The van der Waals surface area contributed by atoms with E-state index in [0.29, 0.717) is 37.1 Å². The highest BCUT2D eigenvalue weighted by molar-refractivity contribution is 6.01. The number of nitrogens with two attached hydrogens (primary N) is 1. The highest BCUT2D eigenvalue weighted by atomic mass is 16.5. The lowest BCUT2D eigenvalue weighted by molar-refractivity contribution is 0.122. The number of ether oxygens (including phenoxy) is 2. The molecule has 0 bridgehead atoms. The second kappa shape index (κ2) is 24.0. The molecule has 2 saturated heterocycles. The molecule has 16 heteroatoms. The van der Waals surface area contributed by atoms with Crippen LogP contribution in [0.4, 0.5) is 33.5 Å². The zero-order valence-corrected chi connectivity index (χ0v) is 41.0. The predicted octanol–water partition coefficient (Wildman–Crippen LogP) is 9.55. The molecular weight excluding hydrogens is 927 g/mol. The minimum atomic E-state index is -0.241. The summed E-state index contributed by atoms with van der Waals surface area (Å²) < 4.78 is 14.7. The molecule has 3 N–H and O–H groups in total. The summed E-state index contributed by atoms with van der Waals surface area (Å²) in [7, 11) is 0. The first kappa shape index (κ1) is 48.6. The van der Waals surface area contributed by atoms with Gasteiger partial charge in [-0.3, -0.25) is 14.9 Å². The summed E-state index contributed by atoms with van der Waals surface area (Å²) in [6.45, 7) is 6.52. The Kier molecular flexibility index (Phi) is 15.7. The number of carbonyl (C=O) groups excluding carboxylic acids is 1. The second-order valence-electron chi connectivity index (χ2n) is 17.7. The molecule has 4 aromatic carbocycles. The number of urea groups is 1. The summed E-state index contributed by atoms with van der Waals surface area (Å²) in [5.74, 6) is 3.17. The number of rotatable bonds is 11. The SMILES string of the molecule is Nc1ccc(-c2nc(N3CCOCC3)c3cccn3n2)cc1.O=C(Nc1ccc(-c2nc(N3CCOCC3)c3cccn3n2)cc1)N(Cc1ccccc1)c1cccnc1.c1ccc(CCc2cccnc2)cc1. The van der Waals surface area contributed by atoms with Gasteiger partial charge >= 0.3 is 6.03 Å². The number of aryl methyl sites for hydroxylation is 2. The van der Waals surface area contributed by atoms with E-state index in [1.165, 1.54) is 11.1 Å². The van der Waals surface area contributed by atoms with Gasteiger partial charge in [-0.05, 0) is 121 Å². The van der Waals surface area contributed by atoms with Crippen LogP contribution in [0.5, 0.6) is 0 Å². The summed E-state index contributed by atoms with van der Waals surface area (Å²) in [6, 6.07) is 51.2. The normalized spacial score (nSPS) is 13.4. The molecule has 2 amide bonds. The Balaban J connectivity index is 0.000000145. The zero-order valence-electron chi connectivity index (χ0n) is 41.0. The number of benzene rings is 4. The number of hydrogen-bond donors (Lipinski definition) is 2. The Labute approximate surface area is 429 Å². The lowest BCUT2D eigenvalue weighted by atomic mass is 10.1. The Bertz CT molecular complexity index is 3290. The fourth-order valence-electron chi connectivity index (χ4n) is 8.66. The molecule has 2 fully saturated rings. The standard InChI is InChI=1S/C29H27N7O2.C16H17N5O.C13H13N/c37-29(35(25-8-4-14-30-20-25)21-22-6-2-1-3-7-22)31-24-12-10-23(11-13-24)27-32-28(34-16-18-38-19-17-34)26-9-5-15-36(26)33-27;17-13-5-3-12(4-6-13)15-18-16(20-8-10-22-11-9-20)14-2-1-7-21(14)19-15;1-2-5-12(6-3-1)8-9-13-7-4-10-14-11-13/h1-15,20H,16-19,21H2,(H,31,37);1-7H,8-11,17H2;1-7,10-11H,8-9H2. The number of carbonyl (C=O) groups is 1. The fraction of sp³-hybridized carbons (Fsp3) is 0.190. The van der Waals surface area contributed by atoms with Crippen molar-refractivity contribution in [2.75, 3.05) is 78.4 Å². The zero-order chi connectivity index (χ0) is 50.3. The van der Waals surface area contributed by atoms with Crippen molar-refractivity contribution in [2.24, 2.45) is 0 Å². The van der Waals surface area contributed by atoms with Gasteiger partial charge in [0.15, 0.2) is 23.3 Å². The van der Waals surface area contributed by atoms with Gasteiger partial charge in [0.05, 0.1) is 44.9 Å². The third kappa shape index (κ3) is 12.4. The van der Waals surface area contributed by atoms with Gasteiger partial charge in [0.1, 0.15) is 11.0 Å². The molecule has 0 spiro atoms. The number of pyridine rings is 2. The van der Waals surface area contributed by atoms with Crippen LogP contribution in [0.1, 0.15) is 16.7 Å². The average molecular weight is 984 g/mol. The van der Waals surface area contributed by atoms with Gasteiger partial charge in [-0.1, -0.05) is 66.7 Å². The van der Waals surface area contributed by atoms with Gasteiger partial charge in [0, 0.05) is 79.7 Å². The minimum absolute atomic E-state index is 0.241. The van der Waals surface area contributed by atoms with Gasteiger partial charge in [-0.25, -0.2) is 23.8 Å². The summed E-state index contributed by atoms with van der Waals surface area (Å²) in [6.07, 6.45) is 13.2. The summed E-state index contributed by atoms with van der Waals surface area (Å²) >= 11 is 0. The van der Waals surface area contributed by atoms with E-state index in [9.17, 15) is 4.79 Å². The number of nitrogens with zero attached hydrogens (tertiary/aromatic N) is 11. The van der Waals surface area contributed by atoms with Crippen molar-refractivity contribution in [3.63, 3.8) is 0 Å². The maximum Gasteiger partial charge on any atom is 0.326 e. The maximum absolute atomic E-state index is 13.4. The highest BCUT2D eigenvalue weighted by Crippen LogP contribution is 2.28. The van der Waals surface area contributed by atoms with Crippen LogP contribution < -0.4 is 25.8 Å². The summed E-state index contributed by atoms with van der Waals surface area (Å²) in [5.41, 5.74) is 15.4. The third-order valence-electron chi connectivity index (χ3n) is 12.6. The Morgan fingerprint density at radius 2 is 1.04 bits per heavy atom. The molecule has 0 saturated carbocycles. The number of hydrogen-bond acceptors (Lipinski definition) is 12. The number of aromatic nitrogens is 8. The lowest BCUT2D eigenvalue weighted by Crippen LogP contribution is -2.37. The van der Waals surface area contributed by atoms with Crippen molar-refractivity contribution < 1.29 is 14.3 Å². The topological polar surface area (TPSA) is 169 Å². The second-order valence-corrected chi connectivity index (χ2v) is 17.7. The van der Waals surface area contributed by atoms with Crippen LogP contribution in [0.25, 0.3) is 33.8 Å². The smallest absolute Gasteiger partial charge is 0.326 e. The Morgan fingerprint density at radius 1 is 0.541 bits per heavy atom. The number of fused-ring (bicyclic) bond motifs is 2. The first-order valence-corrected chi connectivity index (χ1v) is 24.8. The van der Waals surface area contributed by atoms with Crippen LogP contribution in [0.15, 0.2) is 195 Å². The quantitative estimate of drug-likeness (QED) is 0.118. The van der Waals surface area contributed by atoms with Crippen molar-refractivity contribution in [3.05, 3.63) is 212 Å². The molecule has 2 aliphatic heterocycles. The number of nitrogens with one attached hydrogen (secondary N) is 1. The molecule has 74 heavy (non-hydrogen) atoms.